The normalized spacial score (nSPS) is 39.0. The largest absolute Gasteiger partial charge is 0.390 e. The molecule has 1 heterocycles. The van der Waals surface area contributed by atoms with Crippen LogP contribution < -0.4 is 0 Å². The van der Waals surface area contributed by atoms with Crippen molar-refractivity contribution >= 4 is 5.71 Å². The van der Waals surface area contributed by atoms with Crippen LogP contribution in [0.3, 0.4) is 0 Å². The fourth-order valence-electron chi connectivity index (χ4n) is 5.46. The summed E-state index contributed by atoms with van der Waals surface area (Å²) in [5.74, 6) is 1.20. The van der Waals surface area contributed by atoms with E-state index in [0.29, 0.717) is 17.9 Å². The zero-order valence-corrected chi connectivity index (χ0v) is 17.6. The maximum Gasteiger partial charge on any atom is 0.0755 e. The Labute approximate surface area is 165 Å². The monoisotopic (exact) mass is 367 g/mol. The van der Waals surface area contributed by atoms with Gasteiger partial charge in [-0.05, 0) is 102 Å². The van der Waals surface area contributed by atoms with Crippen LogP contribution in [-0.4, -0.2) is 22.5 Å². The predicted molar refractivity (Wildman–Crippen MR) is 114 cm³/mol. The third-order valence-corrected chi connectivity index (χ3v) is 7.53. The molecule has 2 bridgehead atoms. The van der Waals surface area contributed by atoms with Gasteiger partial charge >= 0.3 is 0 Å². The molecule has 3 aliphatic carbocycles. The van der Waals surface area contributed by atoms with E-state index in [1.54, 1.807) is 11.1 Å². The van der Waals surface area contributed by atoms with E-state index in [1.807, 2.05) is 0 Å². The highest BCUT2D eigenvalue weighted by molar-refractivity contribution is 5.96. The van der Waals surface area contributed by atoms with Gasteiger partial charge in [-0.1, -0.05) is 36.1 Å². The lowest BCUT2D eigenvalue weighted by Crippen LogP contribution is -2.37. The van der Waals surface area contributed by atoms with Crippen molar-refractivity contribution in [3.05, 3.63) is 34.4 Å². The van der Waals surface area contributed by atoms with Gasteiger partial charge < -0.3 is 5.11 Å². The van der Waals surface area contributed by atoms with Crippen LogP contribution in [0.2, 0.25) is 0 Å². The van der Waals surface area contributed by atoms with Crippen molar-refractivity contribution < 1.29 is 5.11 Å². The van der Waals surface area contributed by atoms with Crippen LogP contribution in [0.25, 0.3) is 0 Å². The zero-order chi connectivity index (χ0) is 19.0. The van der Waals surface area contributed by atoms with Crippen LogP contribution in [-0.2, 0) is 0 Å². The first-order valence-corrected chi connectivity index (χ1v) is 11.3. The number of dihydropyridines is 1. The summed E-state index contributed by atoms with van der Waals surface area (Å²) >= 11 is 0. The molecule has 148 valence electrons. The number of fused-ring (bicyclic) bond motifs is 2. The molecule has 0 aromatic heterocycles. The standard InChI is InChI=1S/C25H37NO/c1-4-5-6-22-15-19-13-17(2)18(3)14-23(24(16-19)26-22)20-9-11-25(27,12-10-20)21-7-8-21/h14-15,20-21,24,27H,4-13,16H2,1-3H3/b18-17-,23-14-. The van der Waals surface area contributed by atoms with Crippen LogP contribution in [0.5, 0.6) is 0 Å². The van der Waals surface area contributed by atoms with Gasteiger partial charge in [0, 0.05) is 5.71 Å². The van der Waals surface area contributed by atoms with Gasteiger partial charge in [-0.3, -0.25) is 4.99 Å². The Kier molecular flexibility index (Phi) is 5.47. The molecule has 0 spiro atoms. The molecule has 0 radical (unpaired) electrons. The molecule has 2 fully saturated rings. The number of unbranched alkanes of at least 4 members (excludes halogenated alkanes) is 1. The number of allylic oxidation sites excluding steroid dienone is 4. The van der Waals surface area contributed by atoms with Crippen LogP contribution in [0.4, 0.5) is 0 Å². The number of hydrogen-bond donors (Lipinski definition) is 1. The summed E-state index contributed by atoms with van der Waals surface area (Å²) in [6, 6.07) is 0.344. The number of aliphatic hydroxyl groups is 1. The van der Waals surface area contributed by atoms with Gasteiger partial charge in [0.15, 0.2) is 0 Å². The molecule has 4 rings (SSSR count). The van der Waals surface area contributed by atoms with Crippen molar-refractivity contribution in [2.75, 3.05) is 0 Å². The van der Waals surface area contributed by atoms with Crippen molar-refractivity contribution in [3.8, 4) is 0 Å². The fourth-order valence-corrected chi connectivity index (χ4v) is 5.46. The van der Waals surface area contributed by atoms with E-state index in [9.17, 15) is 5.11 Å². The van der Waals surface area contributed by atoms with Crippen LogP contribution >= 0.6 is 0 Å². The number of aliphatic imine (C=N–C) groups is 1. The van der Waals surface area contributed by atoms with Crippen molar-refractivity contribution in [1.82, 2.24) is 0 Å². The Hall–Kier alpha value is -1.15. The second kappa shape index (κ2) is 7.70. The second-order valence-electron chi connectivity index (χ2n) is 9.68. The highest BCUT2D eigenvalue weighted by Gasteiger charge is 2.46. The maximum atomic E-state index is 11.0. The highest BCUT2D eigenvalue weighted by atomic mass is 16.3. The quantitative estimate of drug-likeness (QED) is 0.606. The summed E-state index contributed by atoms with van der Waals surface area (Å²) in [6.07, 6.45) is 17.4. The van der Waals surface area contributed by atoms with Crippen molar-refractivity contribution in [2.24, 2.45) is 16.8 Å². The Morgan fingerprint density at radius 2 is 1.85 bits per heavy atom. The molecule has 1 N–H and O–H groups in total. The molecule has 4 aliphatic rings. The third-order valence-electron chi connectivity index (χ3n) is 7.53. The summed E-state index contributed by atoms with van der Waals surface area (Å²) in [7, 11) is 0. The third kappa shape index (κ3) is 4.16. The summed E-state index contributed by atoms with van der Waals surface area (Å²) in [5.41, 5.74) is 7.06. The average molecular weight is 368 g/mol. The molecule has 0 aromatic rings. The first-order chi connectivity index (χ1) is 13.0. The molecule has 0 amide bonds. The molecule has 2 heteroatoms. The summed E-state index contributed by atoms with van der Waals surface area (Å²) in [4.78, 5) is 5.23. The minimum absolute atomic E-state index is 0.344. The fraction of sp³-hybridized carbons (Fsp3) is 0.720. The van der Waals surface area contributed by atoms with Crippen LogP contribution in [0, 0.1) is 11.8 Å². The number of hydrogen-bond acceptors (Lipinski definition) is 2. The van der Waals surface area contributed by atoms with Gasteiger partial charge in [-0.25, -0.2) is 0 Å². The molecule has 0 aromatic carbocycles. The summed E-state index contributed by atoms with van der Waals surface area (Å²) < 4.78 is 0. The van der Waals surface area contributed by atoms with Crippen molar-refractivity contribution in [2.45, 2.75) is 103 Å². The molecule has 1 unspecified atom stereocenters. The molecule has 1 aliphatic heterocycles. The minimum atomic E-state index is -0.355. The highest BCUT2D eigenvalue weighted by Crippen LogP contribution is 2.50. The number of nitrogens with zero attached hydrogens (tertiary/aromatic N) is 1. The van der Waals surface area contributed by atoms with Gasteiger partial charge in [-0.15, -0.1) is 0 Å². The van der Waals surface area contributed by atoms with Crippen LogP contribution in [0.1, 0.15) is 91.4 Å². The first-order valence-electron chi connectivity index (χ1n) is 11.3. The lowest BCUT2D eigenvalue weighted by Gasteiger charge is -2.39. The number of rotatable bonds is 5. The van der Waals surface area contributed by atoms with E-state index in [1.165, 1.54) is 42.5 Å². The second-order valence-corrected chi connectivity index (χ2v) is 9.68. The molecule has 1 atom stereocenters. The Bertz CT molecular complexity index is 696. The Balaban J connectivity index is 1.58. The molecule has 27 heavy (non-hydrogen) atoms. The van der Waals surface area contributed by atoms with Gasteiger partial charge in [0.05, 0.1) is 11.6 Å². The first kappa shape index (κ1) is 19.2. The molecule has 0 saturated heterocycles. The Morgan fingerprint density at radius 3 is 2.52 bits per heavy atom. The minimum Gasteiger partial charge on any atom is -0.390 e. The van der Waals surface area contributed by atoms with E-state index in [-0.39, 0.29) is 5.60 Å². The van der Waals surface area contributed by atoms with E-state index < -0.39 is 0 Å². The van der Waals surface area contributed by atoms with E-state index in [0.717, 1.165) is 44.9 Å². The van der Waals surface area contributed by atoms with E-state index in [2.05, 4.69) is 32.9 Å². The predicted octanol–water partition coefficient (Wildman–Crippen LogP) is 6.31. The van der Waals surface area contributed by atoms with Crippen molar-refractivity contribution in [3.63, 3.8) is 0 Å². The molecule has 2 nitrogen and oxygen atoms in total. The van der Waals surface area contributed by atoms with Crippen LogP contribution in [0.15, 0.2) is 39.4 Å². The molecule has 2 saturated carbocycles. The van der Waals surface area contributed by atoms with Gasteiger partial charge in [0.1, 0.15) is 0 Å². The summed E-state index contributed by atoms with van der Waals surface area (Å²) in [5, 5.41) is 11.0. The topological polar surface area (TPSA) is 32.6 Å². The average Bonchev–Trinajstić information content (AvgIpc) is 3.50. The SMILES string of the molecule is CCCCC1=NC2CC(=C1)C/C(C)=C(C)\C=C/2C1CCC(O)(C2CC2)CC1. The maximum absolute atomic E-state index is 11.0. The Morgan fingerprint density at radius 1 is 1.11 bits per heavy atom. The van der Waals surface area contributed by atoms with Gasteiger partial charge in [-0.2, -0.15) is 0 Å². The van der Waals surface area contributed by atoms with Gasteiger partial charge in [0.2, 0.25) is 0 Å². The van der Waals surface area contributed by atoms with Crippen molar-refractivity contribution in [1.29, 1.82) is 0 Å². The molecular formula is C25H37NO. The lowest BCUT2D eigenvalue weighted by molar-refractivity contribution is -0.0256. The molecular weight excluding hydrogens is 330 g/mol. The van der Waals surface area contributed by atoms with Gasteiger partial charge in [0.25, 0.3) is 0 Å². The lowest BCUT2D eigenvalue weighted by atomic mass is 9.70. The zero-order valence-electron chi connectivity index (χ0n) is 17.6. The van der Waals surface area contributed by atoms with E-state index >= 15 is 0 Å². The van der Waals surface area contributed by atoms with E-state index in [4.69, 9.17) is 4.99 Å². The smallest absolute Gasteiger partial charge is 0.0755 e. The summed E-state index contributed by atoms with van der Waals surface area (Å²) in [6.45, 7) is 6.84.